The first-order valence-corrected chi connectivity index (χ1v) is 4.25. The van der Waals surface area contributed by atoms with Crippen LogP contribution >= 0.6 is 0 Å². The summed E-state index contributed by atoms with van der Waals surface area (Å²) >= 11 is 0. The van der Waals surface area contributed by atoms with Crippen molar-refractivity contribution in [1.82, 2.24) is 0 Å². The third kappa shape index (κ3) is 3.21. The molecule has 1 heteroatoms. The third-order valence-corrected chi connectivity index (χ3v) is 2.34. The van der Waals surface area contributed by atoms with Crippen LogP contribution in [0, 0.1) is 11.8 Å². The predicted molar refractivity (Wildman–Crippen MR) is 44.9 cm³/mol. The van der Waals surface area contributed by atoms with E-state index < -0.39 is 0 Å². The Morgan fingerprint density at radius 2 is 1.50 bits per heavy atom. The van der Waals surface area contributed by atoms with E-state index in [9.17, 15) is 0 Å². The molecule has 0 heterocycles. The fraction of sp³-hybridized carbons (Fsp3) is 1.00. The van der Waals surface area contributed by atoms with Gasteiger partial charge in [-0.25, -0.2) is 0 Å². The summed E-state index contributed by atoms with van der Waals surface area (Å²) in [4.78, 5) is 0. The Hall–Kier alpha value is -0.0400. The second kappa shape index (κ2) is 5.72. The van der Waals surface area contributed by atoms with Crippen LogP contribution in [0.1, 0.15) is 39.5 Å². The minimum atomic E-state index is 0.942. The van der Waals surface area contributed by atoms with Crippen molar-refractivity contribution in [1.29, 1.82) is 0 Å². The van der Waals surface area contributed by atoms with Gasteiger partial charge in [-0.15, -0.1) is 0 Å². The van der Waals surface area contributed by atoms with E-state index in [0.717, 1.165) is 18.9 Å². The average molecular weight is 144 g/mol. The molecule has 0 aromatic carbocycles. The Morgan fingerprint density at radius 1 is 1.10 bits per heavy atom. The summed E-state index contributed by atoms with van der Waals surface area (Å²) in [6, 6.07) is 0. The maximum Gasteiger partial charge on any atom is 0.0319 e. The Kier molecular flexibility index (Phi) is 5.70. The molecule has 0 aromatic heterocycles. The predicted octanol–water partition coefficient (Wildman–Crippen LogP) is 2.44. The van der Waals surface area contributed by atoms with E-state index in [-0.39, 0.29) is 0 Å². The summed E-state index contributed by atoms with van der Waals surface area (Å²) in [5, 5.41) is 7.00. The van der Waals surface area contributed by atoms with Crippen LogP contribution in [-0.2, 0) is 0 Å². The smallest absolute Gasteiger partial charge is 0.0319 e. The second-order valence-corrected chi connectivity index (χ2v) is 3.29. The molecule has 0 aliphatic heterocycles. The van der Waals surface area contributed by atoms with Crippen LogP contribution in [0.3, 0.4) is 0 Å². The summed E-state index contributed by atoms with van der Waals surface area (Å²) in [7, 11) is 1.00. The van der Waals surface area contributed by atoms with E-state index >= 15 is 0 Å². The molecule has 1 N–H and O–H groups in total. The van der Waals surface area contributed by atoms with E-state index in [1.807, 2.05) is 0 Å². The Labute approximate surface area is 64.5 Å². The molecule has 1 aliphatic rings. The molecular formula is C9H20O. The van der Waals surface area contributed by atoms with Gasteiger partial charge in [0.1, 0.15) is 0 Å². The topological polar surface area (TPSA) is 20.2 Å². The average Bonchev–Trinajstić information content (AvgIpc) is 2.42. The second-order valence-electron chi connectivity index (χ2n) is 3.29. The van der Waals surface area contributed by atoms with E-state index in [2.05, 4.69) is 13.8 Å². The van der Waals surface area contributed by atoms with Gasteiger partial charge in [-0.3, -0.25) is 0 Å². The lowest BCUT2D eigenvalue weighted by Gasteiger charge is -2.11. The molecule has 0 bridgehead atoms. The summed E-state index contributed by atoms with van der Waals surface area (Å²) in [5.41, 5.74) is 0. The van der Waals surface area contributed by atoms with Crippen molar-refractivity contribution in [2.45, 2.75) is 39.5 Å². The molecule has 0 saturated heterocycles. The number of aliphatic hydroxyl groups excluding tert-OH is 1. The molecule has 0 unspecified atom stereocenters. The highest BCUT2D eigenvalue weighted by atomic mass is 16.2. The number of rotatable bonds is 1. The first-order valence-electron chi connectivity index (χ1n) is 4.25. The van der Waals surface area contributed by atoms with Crippen LogP contribution < -0.4 is 0 Å². The van der Waals surface area contributed by atoms with Crippen molar-refractivity contribution in [2.24, 2.45) is 11.8 Å². The van der Waals surface area contributed by atoms with Gasteiger partial charge >= 0.3 is 0 Å². The van der Waals surface area contributed by atoms with Gasteiger partial charge in [0.05, 0.1) is 0 Å². The molecule has 10 heavy (non-hydrogen) atoms. The maximum absolute atomic E-state index is 7.00. The monoisotopic (exact) mass is 144 g/mol. The van der Waals surface area contributed by atoms with Gasteiger partial charge in [0.25, 0.3) is 0 Å². The fourth-order valence-electron chi connectivity index (χ4n) is 1.62. The maximum atomic E-state index is 7.00. The van der Waals surface area contributed by atoms with E-state index in [1.54, 1.807) is 0 Å². The van der Waals surface area contributed by atoms with Crippen molar-refractivity contribution < 1.29 is 5.11 Å². The first kappa shape index (κ1) is 9.96. The minimum Gasteiger partial charge on any atom is -0.400 e. The van der Waals surface area contributed by atoms with Crippen molar-refractivity contribution in [3.63, 3.8) is 0 Å². The highest BCUT2D eigenvalue weighted by Crippen LogP contribution is 2.30. The van der Waals surface area contributed by atoms with Crippen molar-refractivity contribution in [2.75, 3.05) is 7.11 Å². The number of aliphatic hydroxyl groups is 1. The van der Waals surface area contributed by atoms with Crippen molar-refractivity contribution >= 4 is 0 Å². The van der Waals surface area contributed by atoms with Gasteiger partial charge in [-0.05, 0) is 11.8 Å². The number of hydrogen-bond acceptors (Lipinski definition) is 1. The van der Waals surface area contributed by atoms with E-state index in [1.165, 1.54) is 25.7 Å². The lowest BCUT2D eigenvalue weighted by atomic mass is 9.95. The van der Waals surface area contributed by atoms with Crippen LogP contribution in [0.2, 0.25) is 0 Å². The van der Waals surface area contributed by atoms with Gasteiger partial charge < -0.3 is 5.11 Å². The zero-order chi connectivity index (χ0) is 7.98. The highest BCUT2D eigenvalue weighted by molar-refractivity contribution is 4.69. The normalized spacial score (nSPS) is 18.9. The van der Waals surface area contributed by atoms with E-state index in [0.29, 0.717) is 0 Å². The molecule has 1 fully saturated rings. The van der Waals surface area contributed by atoms with Gasteiger partial charge in [0.15, 0.2) is 0 Å². The third-order valence-electron chi connectivity index (χ3n) is 2.34. The minimum absolute atomic E-state index is 0.942. The Morgan fingerprint density at radius 3 is 1.70 bits per heavy atom. The van der Waals surface area contributed by atoms with E-state index in [4.69, 9.17) is 5.11 Å². The first-order chi connectivity index (χ1) is 4.80. The quantitative estimate of drug-likeness (QED) is 0.599. The highest BCUT2D eigenvalue weighted by Gasteiger charge is 2.17. The molecule has 0 radical (unpaired) electrons. The molecule has 1 nitrogen and oxygen atoms in total. The Balaban J connectivity index is 0.000000371. The van der Waals surface area contributed by atoms with Gasteiger partial charge in [-0.1, -0.05) is 39.5 Å². The molecule has 1 aliphatic carbocycles. The zero-order valence-electron chi connectivity index (χ0n) is 7.43. The fourth-order valence-corrected chi connectivity index (χ4v) is 1.62. The molecule has 62 valence electrons. The largest absolute Gasteiger partial charge is 0.400 e. The molecule has 1 rings (SSSR count). The molecule has 0 spiro atoms. The van der Waals surface area contributed by atoms with Crippen LogP contribution in [0.4, 0.5) is 0 Å². The summed E-state index contributed by atoms with van der Waals surface area (Å²) < 4.78 is 0. The summed E-state index contributed by atoms with van der Waals surface area (Å²) in [5.74, 6) is 2.01. The van der Waals surface area contributed by atoms with Gasteiger partial charge in [0.2, 0.25) is 0 Å². The standard InChI is InChI=1S/C8H16.CH4O/c1-7(2)8-5-3-4-6-8;1-2/h7-8H,3-6H2,1-2H3;2H,1H3. The lowest BCUT2D eigenvalue weighted by molar-refractivity contribution is 0.396. The zero-order valence-corrected chi connectivity index (χ0v) is 7.43. The Bertz CT molecular complexity index is 63.1. The van der Waals surface area contributed by atoms with Crippen LogP contribution in [0.15, 0.2) is 0 Å². The molecular weight excluding hydrogens is 124 g/mol. The number of hydrogen-bond donors (Lipinski definition) is 1. The van der Waals surface area contributed by atoms with Crippen molar-refractivity contribution in [3.05, 3.63) is 0 Å². The van der Waals surface area contributed by atoms with Crippen LogP contribution in [0.25, 0.3) is 0 Å². The van der Waals surface area contributed by atoms with Gasteiger partial charge in [0, 0.05) is 7.11 Å². The van der Waals surface area contributed by atoms with Gasteiger partial charge in [-0.2, -0.15) is 0 Å². The summed E-state index contributed by atoms with van der Waals surface area (Å²) in [6.45, 7) is 4.69. The van der Waals surface area contributed by atoms with Crippen LogP contribution in [-0.4, -0.2) is 12.2 Å². The molecule has 0 aromatic rings. The van der Waals surface area contributed by atoms with Crippen LogP contribution in [0.5, 0.6) is 0 Å². The molecule has 1 saturated carbocycles. The lowest BCUT2D eigenvalue weighted by Crippen LogP contribution is -2.01. The van der Waals surface area contributed by atoms with Crippen molar-refractivity contribution in [3.8, 4) is 0 Å². The summed E-state index contributed by atoms with van der Waals surface area (Å²) in [6.07, 6.45) is 5.97. The molecule has 0 amide bonds. The SMILES string of the molecule is CC(C)C1CCCC1.CO. The molecule has 0 atom stereocenters.